The summed E-state index contributed by atoms with van der Waals surface area (Å²) in [6.45, 7) is 1.75. The minimum Gasteiger partial charge on any atom is -0.422 e. The number of H-pyrrole nitrogens is 1. The van der Waals surface area contributed by atoms with Crippen LogP contribution in [0.25, 0.3) is 0 Å². The number of nitrogens with two attached hydrogens (primary N) is 1. The first-order chi connectivity index (χ1) is 12.8. The molecule has 8 heteroatoms. The SMILES string of the molecule is Cc1n[nH]c2c1C(c1cccc(C(F)(F)F)c1)(C1CCC1)C(C#N)=C(N)O2. The number of halogens is 3. The van der Waals surface area contributed by atoms with Gasteiger partial charge in [0.1, 0.15) is 11.6 Å². The van der Waals surface area contributed by atoms with Crippen LogP contribution in [0.4, 0.5) is 13.2 Å². The summed E-state index contributed by atoms with van der Waals surface area (Å²) in [5, 5.41) is 16.8. The van der Waals surface area contributed by atoms with Crippen molar-refractivity contribution in [3.8, 4) is 11.9 Å². The minimum absolute atomic E-state index is 0.0619. The van der Waals surface area contributed by atoms with Crippen molar-refractivity contribution in [2.75, 3.05) is 0 Å². The summed E-state index contributed by atoms with van der Waals surface area (Å²) in [4.78, 5) is 0. The van der Waals surface area contributed by atoms with Crippen molar-refractivity contribution in [1.29, 1.82) is 5.26 Å². The second-order valence-corrected chi connectivity index (χ2v) is 6.98. The van der Waals surface area contributed by atoms with Gasteiger partial charge in [0, 0.05) is 0 Å². The molecule has 2 heterocycles. The lowest BCUT2D eigenvalue weighted by atomic mass is 9.55. The fraction of sp³-hybridized carbons (Fsp3) is 0.368. The number of hydrogen-bond acceptors (Lipinski definition) is 4. The van der Waals surface area contributed by atoms with E-state index in [1.54, 1.807) is 13.0 Å². The lowest BCUT2D eigenvalue weighted by molar-refractivity contribution is -0.137. The number of aromatic amines is 1. The normalized spacial score (nSPS) is 22.6. The van der Waals surface area contributed by atoms with E-state index in [9.17, 15) is 18.4 Å². The fourth-order valence-electron chi connectivity index (χ4n) is 4.29. The van der Waals surface area contributed by atoms with Crippen LogP contribution in [0, 0.1) is 24.2 Å². The number of benzene rings is 1. The molecular formula is C19H17F3N4O. The fourth-order valence-corrected chi connectivity index (χ4v) is 4.29. The standard InChI is InChI=1S/C19H17F3N4O/c1-10-15-17(26-25-10)27-16(24)14(9-23)18(15,11-4-2-5-11)12-6-3-7-13(8-12)19(20,21)22/h3,6-8,11H,2,4-5,24H2,1H3,(H,25,26). The smallest absolute Gasteiger partial charge is 0.416 e. The summed E-state index contributed by atoms with van der Waals surface area (Å²) < 4.78 is 45.7. The quantitative estimate of drug-likeness (QED) is 0.834. The van der Waals surface area contributed by atoms with Crippen LogP contribution in [0.15, 0.2) is 35.7 Å². The van der Waals surface area contributed by atoms with Gasteiger partial charge in [0.25, 0.3) is 0 Å². The Morgan fingerprint density at radius 1 is 1.37 bits per heavy atom. The van der Waals surface area contributed by atoms with E-state index < -0.39 is 17.2 Å². The zero-order valence-electron chi connectivity index (χ0n) is 14.5. The Morgan fingerprint density at radius 2 is 2.11 bits per heavy atom. The second-order valence-electron chi connectivity index (χ2n) is 6.98. The third kappa shape index (κ3) is 2.34. The van der Waals surface area contributed by atoms with Crippen LogP contribution in [0.1, 0.15) is 41.6 Å². The van der Waals surface area contributed by atoms with E-state index in [1.807, 2.05) is 0 Å². The van der Waals surface area contributed by atoms with Crippen LogP contribution in [0.3, 0.4) is 0 Å². The maximum atomic E-state index is 13.4. The Balaban J connectivity index is 2.08. The molecule has 2 aliphatic rings. The highest BCUT2D eigenvalue weighted by atomic mass is 19.4. The number of aromatic nitrogens is 2. The van der Waals surface area contributed by atoms with E-state index in [-0.39, 0.29) is 23.3 Å². The maximum Gasteiger partial charge on any atom is 0.416 e. The first-order valence-electron chi connectivity index (χ1n) is 8.61. The topological polar surface area (TPSA) is 87.7 Å². The highest BCUT2D eigenvalue weighted by Crippen LogP contribution is 2.57. The average Bonchev–Trinajstić information content (AvgIpc) is 2.93. The first-order valence-corrected chi connectivity index (χ1v) is 8.61. The molecule has 1 aromatic carbocycles. The van der Waals surface area contributed by atoms with Crippen molar-refractivity contribution >= 4 is 0 Å². The number of nitriles is 1. The molecule has 1 aliphatic carbocycles. The van der Waals surface area contributed by atoms with Gasteiger partial charge in [-0.2, -0.15) is 23.5 Å². The molecule has 1 fully saturated rings. The summed E-state index contributed by atoms with van der Waals surface area (Å²) in [7, 11) is 0. The third-order valence-corrected chi connectivity index (χ3v) is 5.64. The van der Waals surface area contributed by atoms with Gasteiger partial charge < -0.3 is 10.5 Å². The molecule has 4 rings (SSSR count). The molecule has 0 spiro atoms. The Labute approximate surface area is 153 Å². The zero-order valence-corrected chi connectivity index (χ0v) is 14.5. The monoisotopic (exact) mass is 374 g/mol. The number of allylic oxidation sites excluding steroid dienone is 1. The number of aryl methyl sites for hydroxylation is 1. The molecule has 1 unspecified atom stereocenters. The maximum absolute atomic E-state index is 13.4. The second kappa shape index (κ2) is 5.78. The predicted octanol–water partition coefficient (Wildman–Crippen LogP) is 3.91. The first kappa shape index (κ1) is 17.5. The number of hydrogen-bond donors (Lipinski definition) is 2. The number of ether oxygens (including phenoxy) is 1. The van der Waals surface area contributed by atoms with Crippen molar-refractivity contribution in [2.45, 2.75) is 37.8 Å². The third-order valence-electron chi connectivity index (χ3n) is 5.64. The highest BCUT2D eigenvalue weighted by molar-refractivity contribution is 5.62. The molecule has 1 aromatic heterocycles. The average molecular weight is 374 g/mol. The van der Waals surface area contributed by atoms with Crippen molar-refractivity contribution in [3.05, 3.63) is 58.1 Å². The molecule has 0 saturated heterocycles. The van der Waals surface area contributed by atoms with Crippen LogP contribution in [0.5, 0.6) is 5.88 Å². The van der Waals surface area contributed by atoms with Gasteiger partial charge in [-0.15, -0.1) is 0 Å². The molecule has 1 atom stereocenters. The largest absolute Gasteiger partial charge is 0.422 e. The summed E-state index contributed by atoms with van der Waals surface area (Å²) in [6.07, 6.45) is -1.99. The van der Waals surface area contributed by atoms with E-state index in [2.05, 4.69) is 16.3 Å². The van der Waals surface area contributed by atoms with E-state index >= 15 is 0 Å². The molecule has 3 N–H and O–H groups in total. The zero-order chi connectivity index (χ0) is 19.4. The molecule has 5 nitrogen and oxygen atoms in total. The summed E-state index contributed by atoms with van der Waals surface area (Å²) in [5.41, 5.74) is 5.86. The number of nitrogens with zero attached hydrogens (tertiary/aromatic N) is 2. The predicted molar refractivity (Wildman–Crippen MR) is 90.3 cm³/mol. The Hall–Kier alpha value is -2.95. The minimum atomic E-state index is -4.49. The Kier molecular flexibility index (Phi) is 3.74. The van der Waals surface area contributed by atoms with Crippen molar-refractivity contribution < 1.29 is 17.9 Å². The summed E-state index contributed by atoms with van der Waals surface area (Å²) in [5.74, 6) is 0.124. The van der Waals surface area contributed by atoms with Gasteiger partial charge in [-0.3, -0.25) is 0 Å². The van der Waals surface area contributed by atoms with E-state index in [4.69, 9.17) is 10.5 Å². The lowest BCUT2D eigenvalue weighted by Crippen LogP contribution is -2.46. The van der Waals surface area contributed by atoms with Gasteiger partial charge in [-0.1, -0.05) is 24.6 Å². The van der Waals surface area contributed by atoms with Crippen LogP contribution >= 0.6 is 0 Å². The summed E-state index contributed by atoms with van der Waals surface area (Å²) in [6, 6.07) is 7.25. The number of fused-ring (bicyclic) bond motifs is 1. The molecule has 1 aliphatic heterocycles. The molecule has 0 amide bonds. The van der Waals surface area contributed by atoms with Crippen LogP contribution in [-0.2, 0) is 11.6 Å². The lowest BCUT2D eigenvalue weighted by Gasteiger charge is -2.47. The Morgan fingerprint density at radius 3 is 2.70 bits per heavy atom. The number of rotatable bonds is 2. The van der Waals surface area contributed by atoms with Gasteiger partial charge in [-0.25, -0.2) is 5.10 Å². The highest BCUT2D eigenvalue weighted by Gasteiger charge is 2.55. The van der Waals surface area contributed by atoms with Crippen molar-refractivity contribution in [3.63, 3.8) is 0 Å². The van der Waals surface area contributed by atoms with Crippen LogP contribution in [-0.4, -0.2) is 10.2 Å². The van der Waals surface area contributed by atoms with E-state index in [0.717, 1.165) is 31.4 Å². The van der Waals surface area contributed by atoms with E-state index in [1.165, 1.54) is 6.07 Å². The molecule has 1 saturated carbocycles. The van der Waals surface area contributed by atoms with Gasteiger partial charge in [0.05, 0.1) is 22.2 Å². The van der Waals surface area contributed by atoms with Crippen molar-refractivity contribution in [1.82, 2.24) is 10.2 Å². The molecule has 140 valence electrons. The molecule has 0 radical (unpaired) electrons. The Bertz CT molecular complexity index is 982. The van der Waals surface area contributed by atoms with E-state index in [0.29, 0.717) is 16.8 Å². The van der Waals surface area contributed by atoms with Crippen LogP contribution in [0.2, 0.25) is 0 Å². The van der Waals surface area contributed by atoms with Gasteiger partial charge in [-0.05, 0) is 37.3 Å². The molecule has 27 heavy (non-hydrogen) atoms. The van der Waals surface area contributed by atoms with Gasteiger partial charge in [0.2, 0.25) is 11.8 Å². The number of alkyl halides is 3. The summed E-state index contributed by atoms with van der Waals surface area (Å²) >= 11 is 0. The molecular weight excluding hydrogens is 357 g/mol. The van der Waals surface area contributed by atoms with Gasteiger partial charge in [0.15, 0.2) is 0 Å². The number of nitrogens with one attached hydrogen (secondary N) is 1. The molecule has 0 bridgehead atoms. The van der Waals surface area contributed by atoms with Crippen LogP contribution < -0.4 is 10.5 Å². The van der Waals surface area contributed by atoms with Crippen molar-refractivity contribution in [2.24, 2.45) is 11.7 Å². The molecule has 2 aromatic rings. The van der Waals surface area contributed by atoms with Gasteiger partial charge >= 0.3 is 6.18 Å².